The van der Waals surface area contributed by atoms with Crippen LogP contribution in [0.5, 0.6) is 5.75 Å². The molecule has 0 atom stereocenters. The van der Waals surface area contributed by atoms with Gasteiger partial charge in [0.2, 0.25) is 5.91 Å². The fourth-order valence-corrected chi connectivity index (χ4v) is 4.32. The molecule has 5 heteroatoms. The number of carbonyl (C=O) groups excluding carboxylic acids is 1. The van der Waals surface area contributed by atoms with Crippen molar-refractivity contribution in [2.24, 2.45) is 0 Å². The number of para-hydroxylation sites is 3. The van der Waals surface area contributed by atoms with Gasteiger partial charge in [-0.05, 0) is 30.7 Å². The van der Waals surface area contributed by atoms with E-state index in [-0.39, 0.29) is 5.91 Å². The minimum absolute atomic E-state index is 0.0557. The molecule has 0 aliphatic rings. The summed E-state index contributed by atoms with van der Waals surface area (Å²) < 4.78 is 7.56. The Hall–Kier alpha value is -3.18. The Labute approximate surface area is 180 Å². The van der Waals surface area contributed by atoms with Crippen molar-refractivity contribution >= 4 is 34.3 Å². The van der Waals surface area contributed by atoms with Gasteiger partial charge in [-0.3, -0.25) is 4.79 Å². The molecule has 152 valence electrons. The molecule has 1 N–H and O–H groups in total. The van der Waals surface area contributed by atoms with E-state index in [1.54, 1.807) is 18.9 Å². The molecule has 0 saturated carbocycles. The molecule has 0 aliphatic heterocycles. The monoisotopic (exact) mass is 416 g/mol. The summed E-state index contributed by atoms with van der Waals surface area (Å²) in [6, 6.07) is 24.4. The average molecular weight is 417 g/mol. The second-order valence-electron chi connectivity index (χ2n) is 7.16. The van der Waals surface area contributed by atoms with Gasteiger partial charge in [-0.2, -0.15) is 0 Å². The standard InChI is InChI=1S/C25H24N2O2S/c1-18-11-13-19(14-12-18)15-27-16-24(20-7-3-5-9-22(20)27)30-17-25(28)26-21-8-4-6-10-23(21)29-2/h3-14,16H,15,17H2,1-2H3,(H,26,28). The quantitative estimate of drug-likeness (QED) is 0.391. The minimum atomic E-state index is -0.0557. The molecule has 4 aromatic rings. The van der Waals surface area contributed by atoms with Crippen LogP contribution >= 0.6 is 11.8 Å². The summed E-state index contributed by atoms with van der Waals surface area (Å²) in [6.45, 7) is 2.90. The molecule has 1 aromatic heterocycles. The predicted octanol–water partition coefficient (Wildman–Crippen LogP) is 5.74. The van der Waals surface area contributed by atoms with Gasteiger partial charge in [-0.1, -0.05) is 60.2 Å². The number of methoxy groups -OCH3 is 1. The molecule has 30 heavy (non-hydrogen) atoms. The summed E-state index contributed by atoms with van der Waals surface area (Å²) in [5.74, 6) is 0.932. The largest absolute Gasteiger partial charge is 0.495 e. The van der Waals surface area contributed by atoms with E-state index < -0.39 is 0 Å². The van der Waals surface area contributed by atoms with Gasteiger partial charge >= 0.3 is 0 Å². The third-order valence-electron chi connectivity index (χ3n) is 4.97. The maximum absolute atomic E-state index is 12.5. The van der Waals surface area contributed by atoms with Crippen molar-refractivity contribution in [2.75, 3.05) is 18.2 Å². The van der Waals surface area contributed by atoms with E-state index in [2.05, 4.69) is 65.5 Å². The zero-order valence-corrected chi connectivity index (χ0v) is 17.9. The molecular weight excluding hydrogens is 392 g/mol. The van der Waals surface area contributed by atoms with Crippen molar-refractivity contribution < 1.29 is 9.53 Å². The van der Waals surface area contributed by atoms with Crippen molar-refractivity contribution in [3.05, 3.63) is 90.1 Å². The Morgan fingerprint density at radius 3 is 2.53 bits per heavy atom. The lowest BCUT2D eigenvalue weighted by Gasteiger charge is -2.09. The smallest absolute Gasteiger partial charge is 0.234 e. The first-order valence-electron chi connectivity index (χ1n) is 9.83. The zero-order chi connectivity index (χ0) is 20.9. The summed E-state index contributed by atoms with van der Waals surface area (Å²) >= 11 is 1.55. The van der Waals surface area contributed by atoms with E-state index in [0.29, 0.717) is 17.2 Å². The topological polar surface area (TPSA) is 43.3 Å². The zero-order valence-electron chi connectivity index (χ0n) is 17.1. The van der Waals surface area contributed by atoms with Crippen LogP contribution in [0.1, 0.15) is 11.1 Å². The van der Waals surface area contributed by atoms with Gasteiger partial charge in [0.05, 0.1) is 18.6 Å². The van der Waals surface area contributed by atoms with Crippen LogP contribution < -0.4 is 10.1 Å². The Bertz CT molecular complexity index is 1170. The number of carbonyl (C=O) groups is 1. The number of nitrogens with one attached hydrogen (secondary N) is 1. The predicted molar refractivity (Wildman–Crippen MR) is 125 cm³/mol. The molecule has 0 bridgehead atoms. The van der Waals surface area contributed by atoms with Crippen LogP contribution in [0.3, 0.4) is 0 Å². The normalized spacial score (nSPS) is 10.9. The molecule has 4 rings (SSSR count). The number of aromatic nitrogens is 1. The van der Waals surface area contributed by atoms with Crippen LogP contribution in [0.25, 0.3) is 10.9 Å². The molecule has 3 aromatic carbocycles. The summed E-state index contributed by atoms with van der Waals surface area (Å²) in [6.07, 6.45) is 2.14. The molecule has 0 unspecified atom stereocenters. The van der Waals surface area contributed by atoms with Crippen LogP contribution in [0.2, 0.25) is 0 Å². The third kappa shape index (κ3) is 4.52. The number of rotatable bonds is 7. The molecule has 1 heterocycles. The fraction of sp³-hybridized carbons (Fsp3) is 0.160. The van der Waals surface area contributed by atoms with Gasteiger partial charge < -0.3 is 14.6 Å². The summed E-state index contributed by atoms with van der Waals surface area (Å²) in [5.41, 5.74) is 4.37. The lowest BCUT2D eigenvalue weighted by molar-refractivity contribution is -0.113. The van der Waals surface area contributed by atoms with Gasteiger partial charge in [0.1, 0.15) is 5.75 Å². The van der Waals surface area contributed by atoms with E-state index in [1.807, 2.05) is 30.3 Å². The number of hydrogen-bond donors (Lipinski definition) is 1. The highest BCUT2D eigenvalue weighted by Gasteiger charge is 2.12. The Morgan fingerprint density at radius 1 is 1.00 bits per heavy atom. The number of ether oxygens (including phenoxy) is 1. The number of amides is 1. The molecule has 4 nitrogen and oxygen atoms in total. The number of benzene rings is 3. The highest BCUT2D eigenvalue weighted by atomic mass is 32.2. The van der Waals surface area contributed by atoms with E-state index >= 15 is 0 Å². The lowest BCUT2D eigenvalue weighted by atomic mass is 10.1. The van der Waals surface area contributed by atoms with Gasteiger partial charge in [0, 0.05) is 28.5 Å². The summed E-state index contributed by atoms with van der Waals surface area (Å²) in [5, 5.41) is 4.11. The second kappa shape index (κ2) is 9.09. The summed E-state index contributed by atoms with van der Waals surface area (Å²) in [4.78, 5) is 13.6. The van der Waals surface area contributed by atoms with Crippen molar-refractivity contribution in [2.45, 2.75) is 18.4 Å². The van der Waals surface area contributed by atoms with E-state index in [0.717, 1.165) is 11.4 Å². The molecule has 1 amide bonds. The number of hydrogen-bond acceptors (Lipinski definition) is 3. The number of fused-ring (bicyclic) bond motifs is 1. The van der Waals surface area contributed by atoms with Crippen molar-refractivity contribution in [1.29, 1.82) is 0 Å². The number of anilines is 1. The first-order chi connectivity index (χ1) is 14.6. The van der Waals surface area contributed by atoms with Gasteiger partial charge in [0.25, 0.3) is 0 Å². The molecule has 0 aliphatic carbocycles. The van der Waals surface area contributed by atoms with E-state index in [1.165, 1.54) is 22.0 Å². The van der Waals surface area contributed by atoms with Crippen molar-refractivity contribution in [3.63, 3.8) is 0 Å². The van der Waals surface area contributed by atoms with Crippen LogP contribution in [0.4, 0.5) is 5.69 Å². The van der Waals surface area contributed by atoms with E-state index in [4.69, 9.17) is 4.74 Å². The van der Waals surface area contributed by atoms with Crippen LogP contribution in [0.15, 0.2) is 83.9 Å². The maximum atomic E-state index is 12.5. The van der Waals surface area contributed by atoms with Gasteiger partial charge in [-0.15, -0.1) is 11.8 Å². The number of aryl methyl sites for hydroxylation is 1. The second-order valence-corrected chi connectivity index (χ2v) is 8.18. The third-order valence-corrected chi connectivity index (χ3v) is 6.01. The molecule has 0 saturated heterocycles. The highest BCUT2D eigenvalue weighted by molar-refractivity contribution is 8.00. The van der Waals surface area contributed by atoms with Gasteiger partial charge in [-0.25, -0.2) is 0 Å². The Balaban J connectivity index is 1.50. The first-order valence-corrected chi connectivity index (χ1v) is 10.8. The first kappa shape index (κ1) is 20.1. The van der Waals surface area contributed by atoms with Crippen molar-refractivity contribution in [1.82, 2.24) is 4.57 Å². The average Bonchev–Trinajstić information content (AvgIpc) is 3.12. The molecule has 0 fully saturated rings. The number of nitrogens with zero attached hydrogens (tertiary/aromatic N) is 1. The fourth-order valence-electron chi connectivity index (χ4n) is 3.43. The minimum Gasteiger partial charge on any atom is -0.495 e. The Morgan fingerprint density at radius 2 is 1.73 bits per heavy atom. The molecule has 0 spiro atoms. The Kier molecular flexibility index (Phi) is 6.10. The molecule has 0 radical (unpaired) electrons. The van der Waals surface area contributed by atoms with Crippen molar-refractivity contribution in [3.8, 4) is 5.75 Å². The van der Waals surface area contributed by atoms with Crippen LogP contribution in [-0.4, -0.2) is 23.3 Å². The summed E-state index contributed by atoms with van der Waals surface area (Å²) in [7, 11) is 1.60. The maximum Gasteiger partial charge on any atom is 0.234 e. The SMILES string of the molecule is COc1ccccc1NC(=O)CSc1cn(Cc2ccc(C)cc2)c2ccccc12. The highest BCUT2D eigenvalue weighted by Crippen LogP contribution is 2.31. The molecular formula is C25H24N2O2S. The lowest BCUT2D eigenvalue weighted by Crippen LogP contribution is -2.14. The number of thioether (sulfide) groups is 1. The van der Waals surface area contributed by atoms with E-state index in [9.17, 15) is 4.79 Å². The van der Waals surface area contributed by atoms with Crippen LogP contribution in [-0.2, 0) is 11.3 Å². The van der Waals surface area contributed by atoms with Crippen LogP contribution in [0, 0.1) is 6.92 Å². The van der Waals surface area contributed by atoms with Gasteiger partial charge in [0.15, 0.2) is 0 Å².